The van der Waals surface area contributed by atoms with Gasteiger partial charge in [-0.2, -0.15) is 4.31 Å². The summed E-state index contributed by atoms with van der Waals surface area (Å²) in [6, 6.07) is 3.66. The highest BCUT2D eigenvalue weighted by Gasteiger charge is 2.33. The van der Waals surface area contributed by atoms with Gasteiger partial charge in [-0.3, -0.25) is 0 Å². The van der Waals surface area contributed by atoms with Gasteiger partial charge in [-0.05, 0) is 36.5 Å². The highest BCUT2D eigenvalue weighted by Crippen LogP contribution is 2.28. The van der Waals surface area contributed by atoms with Crippen molar-refractivity contribution in [3.63, 3.8) is 0 Å². The first kappa shape index (κ1) is 14.8. The van der Waals surface area contributed by atoms with Crippen molar-refractivity contribution in [3.8, 4) is 0 Å². The number of halogens is 2. The predicted octanol–water partition coefficient (Wildman–Crippen LogP) is 3.15. The Morgan fingerprint density at radius 2 is 1.84 bits per heavy atom. The lowest BCUT2D eigenvalue weighted by Crippen LogP contribution is -2.42. The lowest BCUT2D eigenvalue weighted by Gasteiger charge is -2.34. The molecule has 0 amide bonds. The van der Waals surface area contributed by atoms with Gasteiger partial charge in [-0.1, -0.05) is 25.4 Å². The fourth-order valence-corrected chi connectivity index (χ4v) is 4.51. The van der Waals surface area contributed by atoms with E-state index in [1.165, 1.54) is 16.4 Å². The molecule has 0 spiro atoms. The van der Waals surface area contributed by atoms with Crippen molar-refractivity contribution in [3.05, 3.63) is 29.0 Å². The fraction of sp³-hybridized carbons (Fsp3) is 0.538. The van der Waals surface area contributed by atoms with E-state index in [4.69, 9.17) is 11.6 Å². The van der Waals surface area contributed by atoms with Gasteiger partial charge >= 0.3 is 0 Å². The topological polar surface area (TPSA) is 37.4 Å². The molecule has 1 aromatic carbocycles. The van der Waals surface area contributed by atoms with Crippen LogP contribution in [-0.2, 0) is 10.0 Å². The molecular weight excluding hydrogens is 289 g/mol. The third-order valence-corrected chi connectivity index (χ3v) is 5.45. The summed E-state index contributed by atoms with van der Waals surface area (Å²) in [4.78, 5) is -0.293. The predicted molar refractivity (Wildman–Crippen MR) is 73.1 cm³/mol. The Kier molecular flexibility index (Phi) is 4.18. The van der Waals surface area contributed by atoms with E-state index in [-0.39, 0.29) is 21.8 Å². The number of piperidine rings is 1. The van der Waals surface area contributed by atoms with Crippen molar-refractivity contribution in [1.29, 1.82) is 0 Å². The Morgan fingerprint density at radius 3 is 2.37 bits per heavy atom. The molecule has 0 saturated carbocycles. The smallest absolute Gasteiger partial charge is 0.207 e. The number of sulfonamides is 1. The maximum atomic E-state index is 13.8. The number of nitrogens with zero attached hydrogens (tertiary/aromatic N) is 1. The van der Waals surface area contributed by atoms with E-state index in [2.05, 4.69) is 0 Å². The summed E-state index contributed by atoms with van der Waals surface area (Å²) >= 11 is 5.65. The number of hydrogen-bond donors (Lipinski definition) is 0. The zero-order valence-corrected chi connectivity index (χ0v) is 12.5. The van der Waals surface area contributed by atoms with Gasteiger partial charge in [0.05, 0.1) is 0 Å². The van der Waals surface area contributed by atoms with E-state index in [1.54, 1.807) is 0 Å². The summed E-state index contributed by atoms with van der Waals surface area (Å²) in [7, 11) is -3.78. The maximum absolute atomic E-state index is 13.8. The molecule has 1 aromatic rings. The molecule has 1 fully saturated rings. The van der Waals surface area contributed by atoms with E-state index >= 15 is 0 Å². The van der Waals surface area contributed by atoms with Crippen LogP contribution in [0.4, 0.5) is 4.39 Å². The molecule has 0 aliphatic carbocycles. The van der Waals surface area contributed by atoms with Gasteiger partial charge in [0.25, 0.3) is 0 Å². The third-order valence-electron chi connectivity index (χ3n) is 3.35. The number of benzene rings is 1. The highest BCUT2D eigenvalue weighted by atomic mass is 35.5. The average molecular weight is 306 g/mol. The Bertz CT molecular complexity index is 566. The summed E-state index contributed by atoms with van der Waals surface area (Å²) in [6.45, 7) is 4.90. The summed E-state index contributed by atoms with van der Waals surface area (Å²) in [5.74, 6) is -0.221. The first-order valence-electron chi connectivity index (χ1n) is 6.26. The van der Waals surface area contributed by atoms with E-state index in [0.717, 1.165) is 12.5 Å². The van der Waals surface area contributed by atoms with Gasteiger partial charge < -0.3 is 0 Å². The molecule has 6 heteroatoms. The van der Waals surface area contributed by atoms with Gasteiger partial charge in [-0.25, -0.2) is 12.8 Å². The van der Waals surface area contributed by atoms with E-state index < -0.39 is 15.8 Å². The van der Waals surface area contributed by atoms with Crippen LogP contribution in [0.3, 0.4) is 0 Å². The molecule has 0 unspecified atom stereocenters. The van der Waals surface area contributed by atoms with Gasteiger partial charge in [0, 0.05) is 18.1 Å². The quantitative estimate of drug-likeness (QED) is 0.842. The molecule has 1 heterocycles. The number of rotatable bonds is 2. The normalized spacial score (nSPS) is 25.5. The second-order valence-electron chi connectivity index (χ2n) is 5.34. The number of hydrogen-bond acceptors (Lipinski definition) is 2. The van der Waals surface area contributed by atoms with Gasteiger partial charge in [0.2, 0.25) is 10.0 Å². The van der Waals surface area contributed by atoms with Crippen LogP contribution in [0.15, 0.2) is 23.1 Å². The third kappa shape index (κ3) is 3.09. The van der Waals surface area contributed by atoms with Gasteiger partial charge in [0.1, 0.15) is 10.7 Å². The summed E-state index contributed by atoms with van der Waals surface area (Å²) in [6.07, 6.45) is 0.995. The van der Waals surface area contributed by atoms with Gasteiger partial charge in [0.15, 0.2) is 0 Å². The minimum Gasteiger partial charge on any atom is -0.207 e. The molecule has 0 radical (unpaired) electrons. The molecule has 106 valence electrons. The van der Waals surface area contributed by atoms with Crippen molar-refractivity contribution in [2.75, 3.05) is 13.1 Å². The molecule has 0 bridgehead atoms. The van der Waals surface area contributed by atoms with Crippen molar-refractivity contribution in [1.82, 2.24) is 4.31 Å². The van der Waals surface area contributed by atoms with Crippen molar-refractivity contribution < 1.29 is 12.8 Å². The molecule has 3 nitrogen and oxygen atoms in total. The van der Waals surface area contributed by atoms with E-state index in [9.17, 15) is 12.8 Å². The van der Waals surface area contributed by atoms with E-state index in [1.807, 2.05) is 13.8 Å². The zero-order chi connectivity index (χ0) is 14.2. The summed E-state index contributed by atoms with van der Waals surface area (Å²) < 4.78 is 40.1. The highest BCUT2D eigenvalue weighted by molar-refractivity contribution is 7.89. The first-order chi connectivity index (χ1) is 8.80. The molecule has 0 aromatic heterocycles. The van der Waals surface area contributed by atoms with Crippen molar-refractivity contribution in [2.45, 2.75) is 25.2 Å². The van der Waals surface area contributed by atoms with Crippen LogP contribution in [0.2, 0.25) is 5.02 Å². The largest absolute Gasteiger partial charge is 0.246 e. The summed E-state index contributed by atoms with van der Waals surface area (Å²) in [5, 5.41) is 0.192. The van der Waals surface area contributed by atoms with E-state index in [0.29, 0.717) is 13.1 Å². The molecule has 0 N–H and O–H groups in total. The Hall–Kier alpha value is -0.650. The van der Waals surface area contributed by atoms with Gasteiger partial charge in [-0.15, -0.1) is 0 Å². The van der Waals surface area contributed by atoms with Crippen LogP contribution >= 0.6 is 11.6 Å². The lowest BCUT2D eigenvalue weighted by atomic mass is 9.94. The SMILES string of the molecule is C[C@@H]1C[C@@H](C)CN(S(=O)(=O)c2ccc(Cl)cc2F)C1. The van der Waals surface area contributed by atoms with Crippen molar-refractivity contribution >= 4 is 21.6 Å². The standard InChI is InChI=1S/C13H17ClFNO2S/c1-9-5-10(2)8-16(7-9)19(17,18)13-4-3-11(14)6-12(13)15/h3-4,6,9-10H,5,7-8H2,1-2H3/t9-,10-/m1/s1. The molecule has 2 rings (SSSR count). The average Bonchev–Trinajstić information content (AvgIpc) is 2.26. The first-order valence-corrected chi connectivity index (χ1v) is 8.07. The van der Waals surface area contributed by atoms with Crippen LogP contribution < -0.4 is 0 Å². The fourth-order valence-electron chi connectivity index (χ4n) is 2.63. The minimum absolute atomic E-state index is 0.192. The van der Waals surface area contributed by atoms with Crippen LogP contribution in [0.5, 0.6) is 0 Å². The lowest BCUT2D eigenvalue weighted by molar-refractivity contribution is 0.222. The van der Waals surface area contributed by atoms with Crippen LogP contribution in [-0.4, -0.2) is 25.8 Å². The van der Waals surface area contributed by atoms with Crippen molar-refractivity contribution in [2.24, 2.45) is 11.8 Å². The molecule has 2 atom stereocenters. The molecule has 1 aliphatic heterocycles. The monoisotopic (exact) mass is 305 g/mol. The summed E-state index contributed by atoms with van der Waals surface area (Å²) in [5.41, 5.74) is 0. The van der Waals surface area contributed by atoms with Crippen LogP contribution in [0.1, 0.15) is 20.3 Å². The second-order valence-corrected chi connectivity index (χ2v) is 7.69. The second kappa shape index (κ2) is 5.38. The Morgan fingerprint density at radius 1 is 1.26 bits per heavy atom. The Balaban J connectivity index is 2.36. The molecular formula is C13H17ClFNO2S. The van der Waals surface area contributed by atoms with Crippen LogP contribution in [0.25, 0.3) is 0 Å². The molecule has 1 aliphatic rings. The molecule has 1 saturated heterocycles. The maximum Gasteiger partial charge on any atom is 0.246 e. The Labute approximate surface area is 118 Å². The zero-order valence-electron chi connectivity index (χ0n) is 10.9. The molecule has 19 heavy (non-hydrogen) atoms. The minimum atomic E-state index is -3.78. The van der Waals surface area contributed by atoms with Crippen LogP contribution in [0, 0.1) is 17.7 Å².